The first-order chi connectivity index (χ1) is 6.66. The highest BCUT2D eigenvalue weighted by atomic mass is 16.5. The normalized spacial score (nSPS) is 10.8. The molecule has 1 rings (SSSR count). The molecule has 0 unspecified atom stereocenters. The summed E-state index contributed by atoms with van der Waals surface area (Å²) in [6.45, 7) is 5.45. The molecule has 5 heteroatoms. The third kappa shape index (κ3) is 2.46. The van der Waals surface area contributed by atoms with E-state index in [4.69, 9.17) is 15.6 Å². The van der Waals surface area contributed by atoms with Crippen molar-refractivity contribution in [1.82, 2.24) is 9.78 Å². The lowest BCUT2D eigenvalue weighted by atomic mass is 10.3. The van der Waals surface area contributed by atoms with Crippen molar-refractivity contribution < 1.29 is 9.84 Å². The van der Waals surface area contributed by atoms with E-state index in [-0.39, 0.29) is 6.61 Å². The number of rotatable bonds is 5. The fourth-order valence-electron chi connectivity index (χ4n) is 1.25. The summed E-state index contributed by atoms with van der Waals surface area (Å²) in [7, 11) is 0. The number of ether oxygens (including phenoxy) is 1. The summed E-state index contributed by atoms with van der Waals surface area (Å²) in [5, 5.41) is 12.8. The van der Waals surface area contributed by atoms with Gasteiger partial charge in [0.05, 0.1) is 43.4 Å². The van der Waals surface area contributed by atoms with Gasteiger partial charge in [0.25, 0.3) is 0 Å². The largest absolute Gasteiger partial charge is 0.396 e. The lowest BCUT2D eigenvalue weighted by molar-refractivity contribution is 0.0851. The lowest BCUT2D eigenvalue weighted by Crippen LogP contribution is -2.11. The van der Waals surface area contributed by atoms with Crippen molar-refractivity contribution in [2.45, 2.75) is 20.4 Å². The highest BCUT2D eigenvalue weighted by Gasteiger charge is 2.06. The van der Waals surface area contributed by atoms with E-state index in [1.807, 2.05) is 18.5 Å². The van der Waals surface area contributed by atoms with E-state index < -0.39 is 0 Å². The number of nitrogens with zero attached hydrogens (tertiary/aromatic N) is 2. The number of aromatic nitrogens is 2. The highest BCUT2D eigenvalue weighted by Crippen LogP contribution is 2.14. The molecular weight excluding hydrogens is 182 g/mol. The van der Waals surface area contributed by atoms with E-state index >= 15 is 0 Å². The molecule has 0 amide bonds. The SMILES string of the molecule is Cc1nn(CCOCCO)c(C)c1N. The molecule has 0 saturated carbocycles. The lowest BCUT2D eigenvalue weighted by Gasteiger charge is -2.04. The van der Waals surface area contributed by atoms with Crippen LogP contribution in [0.15, 0.2) is 0 Å². The first kappa shape index (κ1) is 11.0. The van der Waals surface area contributed by atoms with Crippen LogP contribution >= 0.6 is 0 Å². The van der Waals surface area contributed by atoms with Crippen LogP contribution in [0.3, 0.4) is 0 Å². The maximum atomic E-state index is 8.50. The number of aliphatic hydroxyl groups is 1. The Morgan fingerprint density at radius 1 is 1.43 bits per heavy atom. The second-order valence-corrected chi connectivity index (χ2v) is 3.14. The molecule has 0 aliphatic rings. The van der Waals surface area contributed by atoms with Crippen LogP contribution in [0.5, 0.6) is 0 Å². The number of aliphatic hydroxyl groups excluding tert-OH is 1. The van der Waals surface area contributed by atoms with Gasteiger partial charge in [-0.3, -0.25) is 4.68 Å². The molecule has 1 heterocycles. The third-order valence-corrected chi connectivity index (χ3v) is 2.12. The number of nitrogen functional groups attached to an aromatic ring is 1. The van der Waals surface area contributed by atoms with Crippen LogP contribution in [0, 0.1) is 13.8 Å². The van der Waals surface area contributed by atoms with Gasteiger partial charge in [-0.2, -0.15) is 5.10 Å². The summed E-state index contributed by atoms with van der Waals surface area (Å²) in [6, 6.07) is 0. The second kappa shape index (κ2) is 4.97. The zero-order valence-corrected chi connectivity index (χ0v) is 8.66. The van der Waals surface area contributed by atoms with Gasteiger partial charge in [0.1, 0.15) is 0 Å². The van der Waals surface area contributed by atoms with Crippen molar-refractivity contribution in [3.8, 4) is 0 Å². The van der Waals surface area contributed by atoms with Crippen LogP contribution in [0.4, 0.5) is 5.69 Å². The van der Waals surface area contributed by atoms with Gasteiger partial charge in [-0.25, -0.2) is 0 Å². The van der Waals surface area contributed by atoms with Crippen molar-refractivity contribution in [1.29, 1.82) is 0 Å². The van der Waals surface area contributed by atoms with Gasteiger partial charge in [0, 0.05) is 0 Å². The summed E-state index contributed by atoms with van der Waals surface area (Å²) in [5.41, 5.74) is 8.33. The zero-order valence-electron chi connectivity index (χ0n) is 8.66. The molecule has 1 aromatic rings. The summed E-state index contributed by atoms with van der Waals surface area (Å²) in [6.07, 6.45) is 0. The molecule has 0 aliphatic heterocycles. The Hall–Kier alpha value is -1.07. The Morgan fingerprint density at radius 3 is 2.64 bits per heavy atom. The molecule has 5 nitrogen and oxygen atoms in total. The predicted molar refractivity (Wildman–Crippen MR) is 54.0 cm³/mol. The van der Waals surface area contributed by atoms with Gasteiger partial charge in [-0.05, 0) is 13.8 Å². The van der Waals surface area contributed by atoms with Crippen LogP contribution in [-0.2, 0) is 11.3 Å². The van der Waals surface area contributed by atoms with E-state index in [0.717, 1.165) is 17.1 Å². The third-order valence-electron chi connectivity index (χ3n) is 2.12. The average molecular weight is 199 g/mol. The minimum atomic E-state index is 0.0548. The molecule has 0 aliphatic carbocycles. The van der Waals surface area contributed by atoms with E-state index in [0.29, 0.717) is 19.8 Å². The van der Waals surface area contributed by atoms with Gasteiger partial charge in [-0.15, -0.1) is 0 Å². The maximum Gasteiger partial charge on any atom is 0.0825 e. The standard InChI is InChI=1S/C9H17N3O2/c1-7-9(10)8(2)12(11-7)3-5-14-6-4-13/h13H,3-6,10H2,1-2H3. The van der Waals surface area contributed by atoms with Crippen molar-refractivity contribution in [2.24, 2.45) is 0 Å². The van der Waals surface area contributed by atoms with Gasteiger partial charge in [0.2, 0.25) is 0 Å². The fourth-order valence-corrected chi connectivity index (χ4v) is 1.25. The monoisotopic (exact) mass is 199 g/mol. The van der Waals surface area contributed by atoms with E-state index in [2.05, 4.69) is 5.10 Å². The van der Waals surface area contributed by atoms with Crippen molar-refractivity contribution in [3.05, 3.63) is 11.4 Å². The summed E-state index contributed by atoms with van der Waals surface area (Å²) < 4.78 is 6.96. The van der Waals surface area contributed by atoms with Crippen LogP contribution in [-0.4, -0.2) is 34.7 Å². The molecule has 80 valence electrons. The molecule has 14 heavy (non-hydrogen) atoms. The Labute approximate surface area is 83.5 Å². The Morgan fingerprint density at radius 2 is 2.14 bits per heavy atom. The first-order valence-corrected chi connectivity index (χ1v) is 4.65. The minimum absolute atomic E-state index is 0.0548. The molecule has 0 aromatic carbocycles. The molecule has 1 aromatic heterocycles. The van der Waals surface area contributed by atoms with Crippen molar-refractivity contribution in [3.63, 3.8) is 0 Å². The van der Waals surface area contributed by atoms with Crippen LogP contribution in [0.1, 0.15) is 11.4 Å². The van der Waals surface area contributed by atoms with Gasteiger partial charge < -0.3 is 15.6 Å². The molecule has 0 radical (unpaired) electrons. The van der Waals surface area contributed by atoms with Crippen LogP contribution in [0.25, 0.3) is 0 Å². The molecule has 0 spiro atoms. The minimum Gasteiger partial charge on any atom is -0.396 e. The topological polar surface area (TPSA) is 73.3 Å². The first-order valence-electron chi connectivity index (χ1n) is 4.65. The van der Waals surface area contributed by atoms with E-state index in [9.17, 15) is 0 Å². The Bertz CT molecular complexity index is 296. The van der Waals surface area contributed by atoms with Crippen molar-refractivity contribution in [2.75, 3.05) is 25.6 Å². The van der Waals surface area contributed by atoms with Gasteiger partial charge in [-0.1, -0.05) is 0 Å². The molecular formula is C9H17N3O2. The molecule has 0 saturated heterocycles. The smallest absolute Gasteiger partial charge is 0.0825 e. The number of aryl methyl sites for hydroxylation is 1. The Balaban J connectivity index is 2.47. The molecule has 0 atom stereocenters. The highest BCUT2D eigenvalue weighted by molar-refractivity contribution is 5.46. The number of hydrogen-bond acceptors (Lipinski definition) is 4. The Kier molecular flexibility index (Phi) is 3.91. The van der Waals surface area contributed by atoms with Gasteiger partial charge >= 0.3 is 0 Å². The zero-order chi connectivity index (χ0) is 10.6. The van der Waals surface area contributed by atoms with E-state index in [1.54, 1.807) is 0 Å². The van der Waals surface area contributed by atoms with Crippen molar-refractivity contribution >= 4 is 5.69 Å². The quantitative estimate of drug-likeness (QED) is 0.659. The maximum absolute atomic E-state index is 8.50. The summed E-state index contributed by atoms with van der Waals surface area (Å²) in [5.74, 6) is 0. The van der Waals surface area contributed by atoms with E-state index in [1.165, 1.54) is 0 Å². The number of anilines is 1. The van der Waals surface area contributed by atoms with Gasteiger partial charge in [0.15, 0.2) is 0 Å². The number of hydrogen-bond donors (Lipinski definition) is 2. The molecule has 0 fully saturated rings. The number of nitrogens with two attached hydrogens (primary N) is 1. The molecule has 3 N–H and O–H groups in total. The fraction of sp³-hybridized carbons (Fsp3) is 0.667. The predicted octanol–water partition coefficient (Wildman–Crippen LogP) is 0.0910. The summed E-state index contributed by atoms with van der Waals surface area (Å²) >= 11 is 0. The van der Waals surface area contributed by atoms with Crippen LogP contribution in [0.2, 0.25) is 0 Å². The average Bonchev–Trinajstić information content (AvgIpc) is 2.41. The summed E-state index contributed by atoms with van der Waals surface area (Å²) in [4.78, 5) is 0. The second-order valence-electron chi connectivity index (χ2n) is 3.14. The van der Waals surface area contributed by atoms with Crippen LogP contribution < -0.4 is 5.73 Å². The molecule has 0 bridgehead atoms.